The lowest BCUT2D eigenvalue weighted by atomic mass is 10.1. The standard InChI is InChI=1S/C22H27N3O7/c1-29-16-7-5-15(6-8-16)14-23-9-11-24(12-10-23)22(26)17-13-18(30-2)20(31-3)21(32-4)19(17)25(27)28/h5-8,13H,9-12,14H2,1-4H3. The molecule has 1 saturated heterocycles. The lowest BCUT2D eigenvalue weighted by Crippen LogP contribution is -2.48. The molecule has 2 aromatic carbocycles. The number of carbonyl (C=O) groups is 1. The number of nitro groups is 1. The Morgan fingerprint density at radius 1 is 0.938 bits per heavy atom. The van der Waals surface area contributed by atoms with Gasteiger partial charge in [0, 0.05) is 38.8 Å². The highest BCUT2D eigenvalue weighted by molar-refractivity contribution is 6.00. The van der Waals surface area contributed by atoms with Gasteiger partial charge in [0.05, 0.1) is 33.4 Å². The molecule has 1 heterocycles. The van der Waals surface area contributed by atoms with Crippen LogP contribution in [0.4, 0.5) is 5.69 Å². The molecule has 2 aromatic rings. The van der Waals surface area contributed by atoms with Crippen LogP contribution in [-0.4, -0.2) is 75.2 Å². The molecule has 0 saturated carbocycles. The zero-order chi connectivity index (χ0) is 23.3. The van der Waals surface area contributed by atoms with E-state index >= 15 is 0 Å². The average molecular weight is 445 g/mol. The van der Waals surface area contributed by atoms with Crippen LogP contribution in [0.3, 0.4) is 0 Å². The fourth-order valence-corrected chi connectivity index (χ4v) is 3.75. The molecular formula is C22H27N3O7. The van der Waals surface area contributed by atoms with Crippen LogP contribution in [0.1, 0.15) is 15.9 Å². The first-order valence-electron chi connectivity index (χ1n) is 10.0. The molecule has 172 valence electrons. The zero-order valence-electron chi connectivity index (χ0n) is 18.6. The van der Waals surface area contributed by atoms with Gasteiger partial charge in [-0.15, -0.1) is 0 Å². The van der Waals surface area contributed by atoms with Crippen molar-refractivity contribution in [3.05, 3.63) is 51.6 Å². The number of hydrogen-bond acceptors (Lipinski definition) is 8. The van der Waals surface area contributed by atoms with Crippen LogP contribution in [-0.2, 0) is 6.54 Å². The maximum atomic E-state index is 13.2. The number of rotatable bonds is 8. The smallest absolute Gasteiger partial charge is 0.327 e. The SMILES string of the molecule is COc1ccc(CN2CCN(C(=O)c3cc(OC)c(OC)c(OC)c3[N+](=O)[O-])CC2)cc1. The van der Waals surface area contributed by atoms with E-state index in [1.165, 1.54) is 27.4 Å². The van der Waals surface area contributed by atoms with Crippen LogP contribution in [0.15, 0.2) is 30.3 Å². The monoisotopic (exact) mass is 445 g/mol. The Bertz CT molecular complexity index is 970. The van der Waals surface area contributed by atoms with E-state index < -0.39 is 16.5 Å². The highest BCUT2D eigenvalue weighted by Gasteiger charge is 2.35. The fourth-order valence-electron chi connectivity index (χ4n) is 3.75. The first-order chi connectivity index (χ1) is 15.4. The van der Waals surface area contributed by atoms with Crippen LogP contribution in [0.2, 0.25) is 0 Å². The summed E-state index contributed by atoms with van der Waals surface area (Å²) in [6.07, 6.45) is 0. The van der Waals surface area contributed by atoms with Crippen molar-refractivity contribution >= 4 is 11.6 Å². The van der Waals surface area contributed by atoms with Gasteiger partial charge in [-0.25, -0.2) is 0 Å². The third-order valence-corrected chi connectivity index (χ3v) is 5.44. The average Bonchev–Trinajstić information content (AvgIpc) is 2.82. The number of methoxy groups -OCH3 is 4. The Hall–Kier alpha value is -3.53. The summed E-state index contributed by atoms with van der Waals surface area (Å²) in [4.78, 5) is 28.2. The Balaban J connectivity index is 1.77. The minimum atomic E-state index is -0.631. The predicted molar refractivity (Wildman–Crippen MR) is 117 cm³/mol. The summed E-state index contributed by atoms with van der Waals surface area (Å²) in [5.41, 5.74) is 0.620. The molecular weight excluding hydrogens is 418 g/mol. The van der Waals surface area contributed by atoms with E-state index in [0.717, 1.165) is 17.9 Å². The van der Waals surface area contributed by atoms with Gasteiger partial charge >= 0.3 is 5.69 Å². The van der Waals surface area contributed by atoms with Crippen molar-refractivity contribution in [2.75, 3.05) is 54.6 Å². The minimum absolute atomic E-state index is 0.0718. The van der Waals surface area contributed by atoms with Gasteiger partial charge in [-0.05, 0) is 17.7 Å². The highest BCUT2D eigenvalue weighted by atomic mass is 16.6. The van der Waals surface area contributed by atoms with E-state index in [0.29, 0.717) is 26.2 Å². The summed E-state index contributed by atoms with van der Waals surface area (Å²) in [6, 6.07) is 9.19. The fraction of sp³-hybridized carbons (Fsp3) is 0.409. The van der Waals surface area contributed by atoms with Crippen molar-refractivity contribution in [2.24, 2.45) is 0 Å². The molecule has 0 N–H and O–H groups in total. The number of amides is 1. The Kier molecular flexibility index (Phi) is 7.37. The van der Waals surface area contributed by atoms with Crippen LogP contribution in [0.5, 0.6) is 23.0 Å². The van der Waals surface area contributed by atoms with E-state index in [1.807, 2.05) is 24.3 Å². The maximum absolute atomic E-state index is 13.2. The highest BCUT2D eigenvalue weighted by Crippen LogP contribution is 2.46. The quantitative estimate of drug-likeness (QED) is 0.451. The van der Waals surface area contributed by atoms with Crippen LogP contribution in [0, 0.1) is 10.1 Å². The molecule has 32 heavy (non-hydrogen) atoms. The first-order valence-corrected chi connectivity index (χ1v) is 10.0. The summed E-state index contributed by atoms with van der Waals surface area (Å²) >= 11 is 0. The maximum Gasteiger partial charge on any atom is 0.327 e. The van der Waals surface area contributed by atoms with Crippen molar-refractivity contribution < 1.29 is 28.7 Å². The number of nitrogens with zero attached hydrogens (tertiary/aromatic N) is 3. The van der Waals surface area contributed by atoms with E-state index in [-0.39, 0.29) is 22.8 Å². The third kappa shape index (κ3) is 4.70. The first kappa shape index (κ1) is 23.1. The number of benzene rings is 2. The van der Waals surface area contributed by atoms with E-state index in [1.54, 1.807) is 12.0 Å². The molecule has 0 atom stereocenters. The van der Waals surface area contributed by atoms with Gasteiger partial charge < -0.3 is 23.8 Å². The molecule has 0 aliphatic carbocycles. The molecule has 1 fully saturated rings. The van der Waals surface area contributed by atoms with E-state index in [4.69, 9.17) is 18.9 Å². The number of ether oxygens (including phenoxy) is 4. The minimum Gasteiger partial charge on any atom is -0.497 e. The molecule has 0 bridgehead atoms. The second-order valence-electron chi connectivity index (χ2n) is 7.22. The van der Waals surface area contributed by atoms with Crippen molar-refractivity contribution in [1.82, 2.24) is 9.80 Å². The van der Waals surface area contributed by atoms with Gasteiger partial charge in [0.2, 0.25) is 11.5 Å². The number of carbonyl (C=O) groups excluding carboxylic acids is 1. The lowest BCUT2D eigenvalue weighted by Gasteiger charge is -2.34. The van der Waals surface area contributed by atoms with Crippen LogP contribution >= 0.6 is 0 Å². The van der Waals surface area contributed by atoms with E-state index in [9.17, 15) is 14.9 Å². The van der Waals surface area contributed by atoms with Crippen LogP contribution < -0.4 is 18.9 Å². The Morgan fingerprint density at radius 3 is 2.06 bits per heavy atom. The van der Waals surface area contributed by atoms with Crippen molar-refractivity contribution in [2.45, 2.75) is 6.54 Å². The van der Waals surface area contributed by atoms with Gasteiger partial charge in [0.15, 0.2) is 5.75 Å². The molecule has 0 aromatic heterocycles. The van der Waals surface area contributed by atoms with Gasteiger partial charge in [0.1, 0.15) is 11.3 Å². The van der Waals surface area contributed by atoms with Crippen molar-refractivity contribution in [1.29, 1.82) is 0 Å². The summed E-state index contributed by atoms with van der Waals surface area (Å²) < 4.78 is 20.9. The molecule has 0 spiro atoms. The Labute approximate surface area is 186 Å². The number of piperazine rings is 1. The third-order valence-electron chi connectivity index (χ3n) is 5.44. The Morgan fingerprint density at radius 2 is 1.56 bits per heavy atom. The molecule has 10 nitrogen and oxygen atoms in total. The van der Waals surface area contributed by atoms with Gasteiger partial charge in [-0.3, -0.25) is 19.8 Å². The molecule has 0 radical (unpaired) electrons. The summed E-state index contributed by atoms with van der Waals surface area (Å²) in [5.74, 6) is 0.480. The molecule has 10 heteroatoms. The summed E-state index contributed by atoms with van der Waals surface area (Å²) in [6.45, 7) is 2.94. The normalized spacial score (nSPS) is 14.1. The second-order valence-corrected chi connectivity index (χ2v) is 7.22. The largest absolute Gasteiger partial charge is 0.497 e. The topological polar surface area (TPSA) is 104 Å². The van der Waals surface area contributed by atoms with Crippen LogP contribution in [0.25, 0.3) is 0 Å². The second kappa shape index (κ2) is 10.2. The lowest BCUT2D eigenvalue weighted by molar-refractivity contribution is -0.386. The van der Waals surface area contributed by atoms with E-state index in [2.05, 4.69) is 4.90 Å². The predicted octanol–water partition coefficient (Wildman–Crippen LogP) is 2.59. The van der Waals surface area contributed by atoms with Gasteiger partial charge in [0.25, 0.3) is 5.91 Å². The van der Waals surface area contributed by atoms with Gasteiger partial charge in [-0.2, -0.15) is 0 Å². The van der Waals surface area contributed by atoms with Gasteiger partial charge in [-0.1, -0.05) is 12.1 Å². The van der Waals surface area contributed by atoms with Crippen molar-refractivity contribution in [3.63, 3.8) is 0 Å². The molecule has 1 aliphatic rings. The number of hydrogen-bond donors (Lipinski definition) is 0. The molecule has 1 aliphatic heterocycles. The summed E-state index contributed by atoms with van der Waals surface area (Å²) in [7, 11) is 5.67. The molecule has 3 rings (SSSR count). The zero-order valence-corrected chi connectivity index (χ0v) is 18.6. The molecule has 1 amide bonds. The van der Waals surface area contributed by atoms with Crippen molar-refractivity contribution in [3.8, 4) is 23.0 Å². The summed E-state index contributed by atoms with van der Waals surface area (Å²) in [5, 5.41) is 11.8. The molecule has 0 unspecified atom stereocenters. The number of nitro benzene ring substituents is 1.